The van der Waals surface area contributed by atoms with Gasteiger partial charge in [-0.25, -0.2) is 0 Å². The van der Waals surface area contributed by atoms with Crippen LogP contribution in [0.15, 0.2) is 11.1 Å². The van der Waals surface area contributed by atoms with Crippen LogP contribution in [0.4, 0.5) is 0 Å². The third-order valence-electron chi connectivity index (χ3n) is 17.2. The van der Waals surface area contributed by atoms with E-state index in [-0.39, 0.29) is 45.8 Å². The zero-order valence-corrected chi connectivity index (χ0v) is 35.6. The molecule has 4 nitrogen and oxygen atoms in total. The van der Waals surface area contributed by atoms with Crippen molar-refractivity contribution < 1.29 is 19.7 Å². The molecule has 0 bridgehead atoms. The second-order valence-electron chi connectivity index (χ2n) is 21.3. The van der Waals surface area contributed by atoms with Gasteiger partial charge in [-0.05, 0) is 104 Å². The molecule has 52 heavy (non-hydrogen) atoms. The Balaban J connectivity index is 1.10. The van der Waals surface area contributed by atoms with Crippen molar-refractivity contribution >= 4 is 5.97 Å². The van der Waals surface area contributed by atoms with E-state index in [4.69, 9.17) is 4.74 Å². The zero-order chi connectivity index (χ0) is 37.8. The second kappa shape index (κ2) is 17.1. The van der Waals surface area contributed by atoms with E-state index in [0.717, 1.165) is 70.6 Å². The molecule has 4 heteroatoms. The van der Waals surface area contributed by atoms with Crippen molar-refractivity contribution in [2.45, 2.75) is 235 Å². The van der Waals surface area contributed by atoms with Crippen molar-refractivity contribution in [3.05, 3.63) is 11.1 Å². The first kappa shape index (κ1) is 42.3. The van der Waals surface area contributed by atoms with E-state index in [1.807, 2.05) is 0 Å². The van der Waals surface area contributed by atoms with Crippen LogP contribution in [0, 0.1) is 44.3 Å². The van der Waals surface area contributed by atoms with Gasteiger partial charge in [0, 0.05) is 17.3 Å². The van der Waals surface area contributed by atoms with Crippen molar-refractivity contribution in [3.8, 4) is 0 Å². The predicted octanol–water partition coefficient (Wildman–Crippen LogP) is 13.1. The quantitative estimate of drug-likeness (QED) is 0.0839. The first-order valence-electron chi connectivity index (χ1n) is 22.8. The van der Waals surface area contributed by atoms with Gasteiger partial charge in [0.25, 0.3) is 0 Å². The molecule has 4 saturated carbocycles. The Kier molecular flexibility index (Phi) is 13.9. The Morgan fingerprint density at radius 1 is 0.692 bits per heavy atom. The molecule has 8 atom stereocenters. The molecule has 0 aromatic heterocycles. The van der Waals surface area contributed by atoms with Crippen molar-refractivity contribution in [2.24, 2.45) is 44.3 Å². The molecular formula is C48H84O4. The van der Waals surface area contributed by atoms with Crippen molar-refractivity contribution in [1.82, 2.24) is 0 Å². The van der Waals surface area contributed by atoms with Gasteiger partial charge in [-0.3, -0.25) is 4.79 Å². The Morgan fingerprint density at radius 3 is 1.85 bits per heavy atom. The highest BCUT2D eigenvalue weighted by Gasteiger charge is 2.69. The smallest absolute Gasteiger partial charge is 0.306 e. The first-order valence-corrected chi connectivity index (χ1v) is 22.8. The summed E-state index contributed by atoms with van der Waals surface area (Å²) in [6.45, 7) is 19.6. The lowest BCUT2D eigenvalue weighted by Gasteiger charge is -2.71. The molecule has 0 radical (unpaired) electrons. The second-order valence-corrected chi connectivity index (χ2v) is 21.3. The summed E-state index contributed by atoms with van der Waals surface area (Å²) in [5.41, 5.74) is 3.02. The number of esters is 1. The minimum atomic E-state index is -0.477. The van der Waals surface area contributed by atoms with Gasteiger partial charge in [-0.2, -0.15) is 0 Å². The molecule has 0 aliphatic heterocycles. The lowest BCUT2D eigenvalue weighted by molar-refractivity contribution is -0.219. The summed E-state index contributed by atoms with van der Waals surface area (Å²) in [6, 6.07) is 0. The van der Waals surface area contributed by atoms with Crippen molar-refractivity contribution in [1.29, 1.82) is 0 Å². The van der Waals surface area contributed by atoms with Crippen LogP contribution in [-0.4, -0.2) is 35.0 Å². The van der Waals surface area contributed by atoms with E-state index >= 15 is 0 Å². The lowest BCUT2D eigenvalue weighted by atomic mass is 9.34. The highest BCUT2D eigenvalue weighted by atomic mass is 16.5. The Morgan fingerprint density at radius 2 is 1.27 bits per heavy atom. The molecular weight excluding hydrogens is 641 g/mol. The van der Waals surface area contributed by atoms with Crippen molar-refractivity contribution in [3.63, 3.8) is 0 Å². The maximum atomic E-state index is 13.2. The standard InChI is InChI=1S/C48H84O4/c1-9-10-11-12-13-14-15-16-17-18-19-20-21-22-23-24-42(51)52-41-28-29-45(6)38(44(41,4)5)27-30-46(7)39(45)26-25-36-37-33-43(2,3)31-32-48(37,35-49)40(50)34-47(36,46)8/h38-41,49-50H,9-35H2,1-8H3/t38-,39+,40-,41-,45-,46+,47+,48+/m0/s1. The third-order valence-corrected chi connectivity index (χ3v) is 17.2. The van der Waals surface area contributed by atoms with Gasteiger partial charge in [-0.1, -0.05) is 156 Å². The topological polar surface area (TPSA) is 66.8 Å². The van der Waals surface area contributed by atoms with Crippen LogP contribution in [-0.2, 0) is 9.53 Å². The molecule has 0 heterocycles. The number of aliphatic hydroxyl groups excluding tert-OH is 2. The summed E-state index contributed by atoms with van der Waals surface area (Å²) >= 11 is 0. The van der Waals surface area contributed by atoms with Gasteiger partial charge in [0.1, 0.15) is 6.10 Å². The Bertz CT molecular complexity index is 1220. The fourth-order valence-corrected chi connectivity index (χ4v) is 13.7. The summed E-state index contributed by atoms with van der Waals surface area (Å²) < 4.78 is 6.40. The van der Waals surface area contributed by atoms with E-state index in [9.17, 15) is 15.0 Å². The third kappa shape index (κ3) is 8.16. The van der Waals surface area contributed by atoms with Crippen LogP contribution < -0.4 is 0 Å². The molecule has 5 aliphatic rings. The van der Waals surface area contributed by atoms with Crippen LogP contribution >= 0.6 is 0 Å². The summed E-state index contributed by atoms with van der Waals surface area (Å²) in [7, 11) is 0. The number of carbonyl (C=O) groups excluding carboxylic acids is 1. The Hall–Kier alpha value is -0.870. The number of aliphatic hydroxyl groups is 2. The van der Waals surface area contributed by atoms with Crippen LogP contribution in [0.25, 0.3) is 0 Å². The molecule has 4 fully saturated rings. The molecule has 0 saturated heterocycles. The number of fused-ring (bicyclic) bond motifs is 6. The number of hydrogen-bond donors (Lipinski definition) is 2. The zero-order valence-electron chi connectivity index (χ0n) is 35.6. The SMILES string of the molecule is CCCCCCCCCCCCCCCCCC(=O)O[C@H]1CC[C@]2(C)[C@H]3CCC4=C5CC(C)(C)CC[C@]5(CO)[C@@H](O)C[C@@]4(C)[C@]3(C)CC[C@H]2C1(C)C. The molecule has 5 rings (SSSR count). The fraction of sp³-hybridized carbons (Fsp3) is 0.938. The molecule has 0 amide bonds. The number of allylic oxidation sites excluding steroid dienone is 1. The van der Waals surface area contributed by atoms with Gasteiger partial charge >= 0.3 is 5.97 Å². The molecule has 2 N–H and O–H groups in total. The summed E-state index contributed by atoms with van der Waals surface area (Å²) in [6.07, 6.45) is 30.6. The monoisotopic (exact) mass is 725 g/mol. The fourth-order valence-electron chi connectivity index (χ4n) is 13.7. The molecule has 300 valence electrons. The van der Waals surface area contributed by atoms with E-state index in [1.165, 1.54) is 95.5 Å². The summed E-state index contributed by atoms with van der Waals surface area (Å²) in [5.74, 6) is 1.12. The molecule has 0 unspecified atom stereocenters. The maximum absolute atomic E-state index is 13.2. The number of ether oxygens (including phenoxy) is 1. The number of rotatable bonds is 18. The minimum absolute atomic E-state index is 0.00164. The van der Waals surface area contributed by atoms with Crippen molar-refractivity contribution in [2.75, 3.05) is 6.61 Å². The highest BCUT2D eigenvalue weighted by Crippen LogP contribution is 2.75. The molecule has 0 spiro atoms. The van der Waals surface area contributed by atoms with E-state index in [2.05, 4.69) is 55.4 Å². The normalized spacial score (nSPS) is 37.8. The average molecular weight is 725 g/mol. The van der Waals surface area contributed by atoms with Gasteiger partial charge in [-0.15, -0.1) is 0 Å². The molecule has 0 aromatic carbocycles. The number of carbonyl (C=O) groups is 1. The number of unbranched alkanes of at least 4 members (excludes halogenated alkanes) is 14. The first-order chi connectivity index (χ1) is 24.6. The molecule has 5 aliphatic carbocycles. The Labute approximate surface area is 321 Å². The van der Waals surface area contributed by atoms with Gasteiger partial charge in [0.2, 0.25) is 0 Å². The average Bonchev–Trinajstić information content (AvgIpc) is 3.08. The summed E-state index contributed by atoms with van der Waals surface area (Å²) in [5, 5.41) is 22.8. The van der Waals surface area contributed by atoms with E-state index in [0.29, 0.717) is 18.3 Å². The van der Waals surface area contributed by atoms with Gasteiger partial charge in [0.05, 0.1) is 12.7 Å². The summed E-state index contributed by atoms with van der Waals surface area (Å²) in [4.78, 5) is 13.2. The van der Waals surface area contributed by atoms with Crippen LogP contribution in [0.3, 0.4) is 0 Å². The lowest BCUT2D eigenvalue weighted by Crippen LogP contribution is -2.65. The van der Waals surface area contributed by atoms with E-state index < -0.39 is 11.5 Å². The van der Waals surface area contributed by atoms with Crippen LogP contribution in [0.1, 0.15) is 222 Å². The van der Waals surface area contributed by atoms with Crippen LogP contribution in [0.5, 0.6) is 0 Å². The van der Waals surface area contributed by atoms with Gasteiger partial charge in [0.15, 0.2) is 0 Å². The maximum Gasteiger partial charge on any atom is 0.306 e. The predicted molar refractivity (Wildman–Crippen MR) is 217 cm³/mol. The number of hydrogen-bond acceptors (Lipinski definition) is 4. The van der Waals surface area contributed by atoms with E-state index in [1.54, 1.807) is 5.57 Å². The van der Waals surface area contributed by atoms with Crippen LogP contribution in [0.2, 0.25) is 0 Å². The van der Waals surface area contributed by atoms with Gasteiger partial charge < -0.3 is 14.9 Å². The largest absolute Gasteiger partial charge is 0.462 e. The highest BCUT2D eigenvalue weighted by molar-refractivity contribution is 5.69. The minimum Gasteiger partial charge on any atom is -0.462 e. The molecule has 0 aromatic rings.